The number of rotatable bonds is 11. The molecule has 12 heteroatoms. The number of ether oxygens (including phenoxy) is 2. The van der Waals surface area contributed by atoms with Crippen LogP contribution in [0.15, 0.2) is 60.7 Å². The van der Waals surface area contributed by atoms with Gasteiger partial charge in [0.1, 0.15) is 29.8 Å². The van der Waals surface area contributed by atoms with E-state index < -0.39 is 49.5 Å². The molecule has 42 heavy (non-hydrogen) atoms. The number of para-hydroxylation sites is 2. The second kappa shape index (κ2) is 13.6. The van der Waals surface area contributed by atoms with Gasteiger partial charge in [0.2, 0.25) is 0 Å². The standard InChI is InChI=1S/C30H47O9PSi2/c1-21(2)41(22(3)4)33-20-27-28(38-42(39-41,23(5)6)24(7)8)29(30(32-9)34-27)37-40(31,35-25-16-12-10-13-17-25)36-26-18-14-11-15-19-26/h10-19,21-24,27-30H,20H2,1-9H3/t27-,28-,29-,30+/m1/s1. The number of phosphoric acid groups is 1. The summed E-state index contributed by atoms with van der Waals surface area (Å²) in [6, 6.07) is 17.6. The Morgan fingerprint density at radius 2 is 1.24 bits per heavy atom. The summed E-state index contributed by atoms with van der Waals surface area (Å²) in [4.78, 5) is 0. The molecule has 0 amide bonds. The summed E-state index contributed by atoms with van der Waals surface area (Å²) >= 11 is 0. The lowest BCUT2D eigenvalue weighted by molar-refractivity contribution is -0.150. The van der Waals surface area contributed by atoms with Gasteiger partial charge in [-0.05, 0) is 46.4 Å². The average Bonchev–Trinajstić information content (AvgIpc) is 3.23. The summed E-state index contributed by atoms with van der Waals surface area (Å²) in [6.45, 7) is 17.5. The van der Waals surface area contributed by atoms with Crippen LogP contribution in [0, 0.1) is 0 Å². The first-order valence-electron chi connectivity index (χ1n) is 14.8. The maximum Gasteiger partial charge on any atom is 0.588 e. The smallest absolute Gasteiger partial charge is 0.414 e. The van der Waals surface area contributed by atoms with Crippen molar-refractivity contribution < 1.29 is 40.6 Å². The van der Waals surface area contributed by atoms with Crippen LogP contribution in [0.3, 0.4) is 0 Å². The lowest BCUT2D eigenvalue weighted by atomic mass is 10.1. The van der Waals surface area contributed by atoms with Gasteiger partial charge in [-0.3, -0.25) is 4.52 Å². The van der Waals surface area contributed by atoms with E-state index in [0.29, 0.717) is 11.5 Å². The van der Waals surface area contributed by atoms with Crippen LogP contribution in [0.4, 0.5) is 0 Å². The maximum absolute atomic E-state index is 14.4. The van der Waals surface area contributed by atoms with Crippen molar-refractivity contribution >= 4 is 24.9 Å². The summed E-state index contributed by atoms with van der Waals surface area (Å²) in [7, 11) is -8.57. The van der Waals surface area contributed by atoms with Crippen molar-refractivity contribution in [2.45, 2.75) is 102 Å². The number of phosphoric ester groups is 1. The Morgan fingerprint density at radius 1 is 0.762 bits per heavy atom. The zero-order valence-corrected chi connectivity index (χ0v) is 29.1. The molecule has 0 saturated carbocycles. The molecule has 2 aromatic rings. The first-order chi connectivity index (χ1) is 19.9. The predicted octanol–water partition coefficient (Wildman–Crippen LogP) is 7.97. The second-order valence-electron chi connectivity index (χ2n) is 12.2. The Bertz CT molecular complexity index is 1120. The van der Waals surface area contributed by atoms with E-state index in [1.165, 1.54) is 7.11 Å². The van der Waals surface area contributed by atoms with E-state index in [2.05, 4.69) is 55.4 Å². The molecule has 2 aliphatic heterocycles. The van der Waals surface area contributed by atoms with Gasteiger partial charge in [-0.2, -0.15) is 0 Å². The molecule has 0 radical (unpaired) electrons. The van der Waals surface area contributed by atoms with Gasteiger partial charge >= 0.3 is 24.9 Å². The van der Waals surface area contributed by atoms with Gasteiger partial charge < -0.3 is 31.5 Å². The van der Waals surface area contributed by atoms with Crippen molar-refractivity contribution in [1.82, 2.24) is 0 Å². The summed E-state index contributed by atoms with van der Waals surface area (Å²) in [5.74, 6) is 0.674. The lowest BCUT2D eigenvalue weighted by Crippen LogP contribution is -2.66. The maximum atomic E-state index is 14.4. The van der Waals surface area contributed by atoms with E-state index in [-0.39, 0.29) is 28.8 Å². The van der Waals surface area contributed by atoms with E-state index in [1.807, 2.05) is 12.1 Å². The van der Waals surface area contributed by atoms with Gasteiger partial charge in [-0.25, -0.2) is 4.57 Å². The fraction of sp³-hybridized carbons (Fsp3) is 0.600. The van der Waals surface area contributed by atoms with Gasteiger partial charge in [0, 0.05) is 7.11 Å². The Balaban J connectivity index is 1.75. The zero-order valence-electron chi connectivity index (χ0n) is 26.2. The Labute approximate surface area is 253 Å². The summed E-state index contributed by atoms with van der Waals surface area (Å²) < 4.78 is 66.1. The molecule has 4 rings (SSSR count). The second-order valence-corrected chi connectivity index (χ2v) is 22.5. The van der Waals surface area contributed by atoms with Crippen LogP contribution in [0.5, 0.6) is 11.5 Å². The van der Waals surface area contributed by atoms with Gasteiger partial charge in [-0.1, -0.05) is 91.8 Å². The minimum atomic E-state index is -4.30. The molecule has 0 aromatic heterocycles. The molecule has 0 unspecified atom stereocenters. The summed E-state index contributed by atoms with van der Waals surface area (Å²) in [5, 5.41) is 0. The van der Waals surface area contributed by atoms with E-state index in [9.17, 15) is 4.57 Å². The highest BCUT2D eigenvalue weighted by molar-refractivity contribution is 7.49. The van der Waals surface area contributed by atoms with Gasteiger partial charge in [0.25, 0.3) is 0 Å². The van der Waals surface area contributed by atoms with Crippen LogP contribution in [0.25, 0.3) is 0 Å². The largest absolute Gasteiger partial charge is 0.588 e. The highest BCUT2D eigenvalue weighted by Gasteiger charge is 2.63. The van der Waals surface area contributed by atoms with Crippen molar-refractivity contribution in [1.29, 1.82) is 0 Å². The lowest BCUT2D eigenvalue weighted by Gasteiger charge is -2.51. The SMILES string of the molecule is CO[C@H]1O[C@@H]2CO[Si](C(C)C)(C(C)C)O[Si](C(C)C)(C(C)C)O[C@H]2[C@H]1OP(=O)(Oc1ccccc1)Oc1ccccc1. The molecular weight excluding hydrogens is 591 g/mol. The summed E-state index contributed by atoms with van der Waals surface area (Å²) in [6.07, 6.45) is -3.11. The molecular formula is C30H47O9PSi2. The fourth-order valence-corrected chi connectivity index (χ4v) is 18.4. The molecule has 234 valence electrons. The molecule has 2 fully saturated rings. The van der Waals surface area contributed by atoms with Crippen molar-refractivity contribution in [3.63, 3.8) is 0 Å². The molecule has 2 aliphatic rings. The number of methoxy groups -OCH3 is 1. The predicted molar refractivity (Wildman–Crippen MR) is 166 cm³/mol. The topological polar surface area (TPSA) is 90.9 Å². The minimum Gasteiger partial charge on any atom is -0.414 e. The molecule has 0 N–H and O–H groups in total. The van der Waals surface area contributed by atoms with E-state index in [4.69, 9.17) is 36.0 Å². The Hall–Kier alpha value is -1.54. The van der Waals surface area contributed by atoms with E-state index in [1.54, 1.807) is 48.5 Å². The number of benzene rings is 2. The van der Waals surface area contributed by atoms with Crippen molar-refractivity contribution in [3.8, 4) is 11.5 Å². The molecule has 0 aliphatic carbocycles. The number of hydrogen-bond acceptors (Lipinski definition) is 9. The quantitative estimate of drug-likeness (QED) is 0.180. The van der Waals surface area contributed by atoms with Gasteiger partial charge in [0.05, 0.1) is 6.61 Å². The van der Waals surface area contributed by atoms with Crippen molar-refractivity contribution in [2.75, 3.05) is 13.7 Å². The highest BCUT2D eigenvalue weighted by Crippen LogP contribution is 2.54. The van der Waals surface area contributed by atoms with Crippen LogP contribution in [0.1, 0.15) is 55.4 Å². The van der Waals surface area contributed by atoms with Crippen molar-refractivity contribution in [3.05, 3.63) is 60.7 Å². The first kappa shape index (κ1) is 33.4. The van der Waals surface area contributed by atoms with Crippen LogP contribution < -0.4 is 9.05 Å². The molecule has 2 heterocycles. The monoisotopic (exact) mass is 638 g/mol. The number of hydrogen-bond donors (Lipinski definition) is 0. The molecule has 0 bridgehead atoms. The molecule has 4 atom stereocenters. The van der Waals surface area contributed by atoms with Crippen molar-refractivity contribution in [2.24, 2.45) is 0 Å². The van der Waals surface area contributed by atoms with E-state index >= 15 is 0 Å². The molecule has 2 aromatic carbocycles. The van der Waals surface area contributed by atoms with Gasteiger partial charge in [-0.15, -0.1) is 0 Å². The van der Waals surface area contributed by atoms with Crippen LogP contribution in [-0.4, -0.2) is 55.4 Å². The van der Waals surface area contributed by atoms with Crippen LogP contribution >= 0.6 is 7.82 Å². The third-order valence-electron chi connectivity index (χ3n) is 8.00. The van der Waals surface area contributed by atoms with Crippen LogP contribution in [0.2, 0.25) is 22.2 Å². The fourth-order valence-electron chi connectivity index (χ4n) is 5.84. The van der Waals surface area contributed by atoms with Gasteiger partial charge in [0.15, 0.2) is 6.29 Å². The molecule has 0 spiro atoms. The molecule has 2 saturated heterocycles. The first-order valence-corrected chi connectivity index (χ1v) is 20.2. The Kier molecular flexibility index (Phi) is 10.8. The highest BCUT2D eigenvalue weighted by atomic mass is 31.2. The number of fused-ring (bicyclic) bond motifs is 1. The molecule has 9 nitrogen and oxygen atoms in total. The average molecular weight is 639 g/mol. The third-order valence-corrected chi connectivity index (χ3v) is 19.6. The summed E-state index contributed by atoms with van der Waals surface area (Å²) in [5.41, 5.74) is 0.541. The van der Waals surface area contributed by atoms with Crippen LogP contribution in [-0.2, 0) is 31.5 Å². The third kappa shape index (κ3) is 6.90. The zero-order chi connectivity index (χ0) is 30.7. The Morgan fingerprint density at radius 3 is 1.67 bits per heavy atom. The van der Waals surface area contributed by atoms with E-state index in [0.717, 1.165) is 0 Å². The minimum absolute atomic E-state index is 0.0828. The normalized spacial score (nSPS) is 25.8.